The number of halogens is 3. The van der Waals surface area contributed by atoms with Crippen molar-refractivity contribution in [1.29, 1.82) is 0 Å². The zero-order valence-electron chi connectivity index (χ0n) is 16.6. The van der Waals surface area contributed by atoms with Crippen molar-refractivity contribution in [2.45, 2.75) is 44.7 Å². The molecule has 1 amide bonds. The summed E-state index contributed by atoms with van der Waals surface area (Å²) in [6, 6.07) is 3.56. The molecule has 0 aromatic heterocycles. The van der Waals surface area contributed by atoms with Gasteiger partial charge in [0, 0.05) is 19.5 Å². The Labute approximate surface area is 164 Å². The average molecular weight is 424 g/mol. The number of amides is 1. The van der Waals surface area contributed by atoms with E-state index in [-0.39, 0.29) is 36.9 Å². The van der Waals surface area contributed by atoms with Crippen LogP contribution in [0.2, 0.25) is 0 Å². The van der Waals surface area contributed by atoms with Crippen LogP contribution in [0.25, 0.3) is 0 Å². The van der Waals surface area contributed by atoms with Gasteiger partial charge in [0.1, 0.15) is 0 Å². The summed E-state index contributed by atoms with van der Waals surface area (Å²) in [7, 11) is -2.37. The first-order chi connectivity index (χ1) is 12.8. The Morgan fingerprint density at radius 3 is 2.21 bits per heavy atom. The first-order valence-corrected chi connectivity index (χ1v) is 10.4. The van der Waals surface area contributed by atoms with E-state index >= 15 is 0 Å². The molecule has 0 fully saturated rings. The van der Waals surface area contributed by atoms with Crippen LogP contribution in [0, 0.1) is 20.8 Å². The van der Waals surface area contributed by atoms with Gasteiger partial charge in [-0.15, -0.1) is 0 Å². The van der Waals surface area contributed by atoms with Crippen molar-refractivity contribution in [2.75, 3.05) is 33.2 Å². The van der Waals surface area contributed by atoms with Crippen molar-refractivity contribution >= 4 is 15.9 Å². The van der Waals surface area contributed by atoms with Crippen LogP contribution in [0.3, 0.4) is 0 Å². The van der Waals surface area contributed by atoms with Crippen LogP contribution < -0.4 is 10.0 Å². The number of hydrogen-bond acceptors (Lipinski definition) is 4. The second-order valence-corrected chi connectivity index (χ2v) is 8.64. The Bertz CT molecular complexity index is 757. The summed E-state index contributed by atoms with van der Waals surface area (Å²) in [5.41, 5.74) is 2.24. The summed E-state index contributed by atoms with van der Waals surface area (Å²) in [5, 5.41) is 2.58. The van der Waals surface area contributed by atoms with Crippen LogP contribution in [0.4, 0.5) is 13.2 Å². The number of carbonyl (C=O) groups is 1. The molecule has 1 aromatic carbocycles. The number of hydrogen-bond donors (Lipinski definition) is 2. The minimum atomic E-state index is -4.25. The zero-order chi connectivity index (χ0) is 21.5. The first-order valence-electron chi connectivity index (χ1n) is 8.91. The Morgan fingerprint density at radius 2 is 1.68 bits per heavy atom. The highest BCUT2D eigenvalue weighted by atomic mass is 32.2. The maximum Gasteiger partial charge on any atom is 0.401 e. The molecule has 0 atom stereocenters. The molecular weight excluding hydrogens is 395 g/mol. The maximum absolute atomic E-state index is 12.5. The summed E-state index contributed by atoms with van der Waals surface area (Å²) >= 11 is 0. The van der Waals surface area contributed by atoms with Crippen LogP contribution in [-0.2, 0) is 14.8 Å². The van der Waals surface area contributed by atoms with Crippen molar-refractivity contribution in [3.05, 3.63) is 28.8 Å². The molecule has 6 nitrogen and oxygen atoms in total. The Morgan fingerprint density at radius 1 is 1.11 bits per heavy atom. The largest absolute Gasteiger partial charge is 0.401 e. The molecule has 0 unspecified atom stereocenters. The van der Waals surface area contributed by atoms with Crippen LogP contribution >= 0.6 is 0 Å². The normalized spacial score (nSPS) is 12.4. The second kappa shape index (κ2) is 10.2. The number of alkyl halides is 3. The third kappa shape index (κ3) is 8.57. The quantitative estimate of drug-likeness (QED) is 0.566. The predicted molar refractivity (Wildman–Crippen MR) is 102 cm³/mol. The van der Waals surface area contributed by atoms with E-state index in [1.165, 1.54) is 7.05 Å². The molecule has 10 heteroatoms. The molecule has 0 aliphatic rings. The SMILES string of the molecule is Cc1cc(C)c(S(=O)(=O)NCCC(=O)NCCCN(C)CC(F)(F)F)c(C)c1. The Kier molecular flexibility index (Phi) is 8.90. The lowest BCUT2D eigenvalue weighted by Gasteiger charge is -2.18. The van der Waals surface area contributed by atoms with Crippen molar-refractivity contribution in [1.82, 2.24) is 14.9 Å². The standard InChI is InChI=1S/C18H28F3N3O3S/c1-13-10-14(2)17(15(3)11-13)28(26,27)23-8-6-16(25)22-7-5-9-24(4)12-18(19,20)21/h10-11,23H,5-9,12H2,1-4H3,(H,22,25). The van der Waals surface area contributed by atoms with Crippen LogP contribution in [0.15, 0.2) is 17.0 Å². The summed E-state index contributed by atoms with van der Waals surface area (Å²) in [6.07, 6.45) is -3.93. The van der Waals surface area contributed by atoms with E-state index in [1.54, 1.807) is 26.0 Å². The molecule has 0 heterocycles. The Balaban J connectivity index is 2.38. The van der Waals surface area contributed by atoms with Crippen molar-refractivity contribution in [3.8, 4) is 0 Å². The van der Waals surface area contributed by atoms with Gasteiger partial charge in [-0.1, -0.05) is 17.7 Å². The highest BCUT2D eigenvalue weighted by Crippen LogP contribution is 2.21. The molecule has 28 heavy (non-hydrogen) atoms. The van der Waals surface area contributed by atoms with Gasteiger partial charge in [0.15, 0.2) is 0 Å². The van der Waals surface area contributed by atoms with Gasteiger partial charge in [0.25, 0.3) is 0 Å². The topological polar surface area (TPSA) is 78.5 Å². The summed E-state index contributed by atoms with van der Waals surface area (Å²) < 4.78 is 64.0. The van der Waals surface area contributed by atoms with Gasteiger partial charge in [0.05, 0.1) is 11.4 Å². The number of nitrogens with one attached hydrogen (secondary N) is 2. The van der Waals surface area contributed by atoms with E-state index in [4.69, 9.17) is 0 Å². The van der Waals surface area contributed by atoms with Gasteiger partial charge in [0.2, 0.25) is 15.9 Å². The molecule has 0 aliphatic heterocycles. The molecular formula is C18H28F3N3O3S. The molecule has 2 N–H and O–H groups in total. The summed E-state index contributed by atoms with van der Waals surface area (Å²) in [5.74, 6) is -0.362. The lowest BCUT2D eigenvalue weighted by atomic mass is 10.1. The van der Waals surface area contributed by atoms with Gasteiger partial charge >= 0.3 is 6.18 Å². The number of carbonyl (C=O) groups excluding carboxylic acids is 1. The third-order valence-corrected chi connectivity index (χ3v) is 5.77. The highest BCUT2D eigenvalue weighted by molar-refractivity contribution is 7.89. The Hall–Kier alpha value is -1.65. The number of benzene rings is 1. The number of sulfonamides is 1. The fourth-order valence-corrected chi connectivity index (χ4v) is 4.49. The first kappa shape index (κ1) is 24.4. The number of rotatable bonds is 10. The van der Waals surface area contributed by atoms with E-state index in [2.05, 4.69) is 10.0 Å². The summed E-state index contributed by atoms with van der Waals surface area (Å²) in [4.78, 5) is 13.1. The molecule has 160 valence electrons. The van der Waals surface area contributed by atoms with Crippen molar-refractivity contribution in [2.24, 2.45) is 0 Å². The minimum Gasteiger partial charge on any atom is -0.356 e. The zero-order valence-corrected chi connectivity index (χ0v) is 17.4. The van der Waals surface area contributed by atoms with Gasteiger partial charge in [-0.2, -0.15) is 13.2 Å². The van der Waals surface area contributed by atoms with Crippen LogP contribution in [-0.4, -0.2) is 58.6 Å². The van der Waals surface area contributed by atoms with Crippen molar-refractivity contribution in [3.63, 3.8) is 0 Å². The smallest absolute Gasteiger partial charge is 0.356 e. The second-order valence-electron chi connectivity index (χ2n) is 6.93. The summed E-state index contributed by atoms with van der Waals surface area (Å²) in [6.45, 7) is 4.68. The van der Waals surface area contributed by atoms with E-state index in [0.717, 1.165) is 10.5 Å². The van der Waals surface area contributed by atoms with E-state index in [1.807, 2.05) is 6.92 Å². The fraction of sp³-hybridized carbons (Fsp3) is 0.611. The van der Waals surface area contributed by atoms with Crippen LogP contribution in [0.1, 0.15) is 29.5 Å². The van der Waals surface area contributed by atoms with E-state index in [9.17, 15) is 26.4 Å². The average Bonchev–Trinajstić information content (AvgIpc) is 2.48. The molecule has 0 bridgehead atoms. The number of aryl methyl sites for hydroxylation is 3. The van der Waals surface area contributed by atoms with Crippen LogP contribution in [0.5, 0.6) is 0 Å². The molecule has 1 aromatic rings. The van der Waals surface area contributed by atoms with Gasteiger partial charge < -0.3 is 5.32 Å². The molecule has 0 saturated carbocycles. The molecule has 1 rings (SSSR count). The highest BCUT2D eigenvalue weighted by Gasteiger charge is 2.28. The number of nitrogens with zero attached hydrogens (tertiary/aromatic N) is 1. The lowest BCUT2D eigenvalue weighted by molar-refractivity contribution is -0.143. The van der Waals surface area contributed by atoms with Crippen molar-refractivity contribution < 1.29 is 26.4 Å². The van der Waals surface area contributed by atoms with E-state index in [0.29, 0.717) is 17.5 Å². The maximum atomic E-state index is 12.5. The molecule has 0 spiro atoms. The van der Waals surface area contributed by atoms with Gasteiger partial charge in [-0.05, 0) is 51.9 Å². The predicted octanol–water partition coefficient (Wildman–Crippen LogP) is 2.28. The fourth-order valence-electron chi connectivity index (χ4n) is 3.01. The molecule has 0 aliphatic carbocycles. The third-order valence-electron chi connectivity index (χ3n) is 4.01. The lowest BCUT2D eigenvalue weighted by Crippen LogP contribution is -2.35. The molecule has 0 radical (unpaired) electrons. The van der Waals surface area contributed by atoms with E-state index < -0.39 is 22.7 Å². The minimum absolute atomic E-state index is 0.0540. The van der Waals surface area contributed by atoms with Gasteiger partial charge in [-0.25, -0.2) is 13.1 Å². The molecule has 0 saturated heterocycles. The van der Waals surface area contributed by atoms with Gasteiger partial charge in [-0.3, -0.25) is 9.69 Å². The monoisotopic (exact) mass is 423 g/mol.